The van der Waals surface area contributed by atoms with Crippen LogP contribution in [0.3, 0.4) is 0 Å². The fraction of sp³-hybridized carbons (Fsp3) is 0.333. The van der Waals surface area contributed by atoms with Crippen LogP contribution in [-0.4, -0.2) is 7.11 Å². The van der Waals surface area contributed by atoms with E-state index in [4.69, 9.17) is 16.3 Å². The molecule has 2 aromatic rings. The third-order valence-corrected chi connectivity index (χ3v) is 5.80. The summed E-state index contributed by atoms with van der Waals surface area (Å²) in [5.41, 5.74) is 6.61. The highest BCUT2D eigenvalue weighted by Gasteiger charge is 2.21. The van der Waals surface area contributed by atoms with Gasteiger partial charge in [0, 0.05) is 15.3 Å². The van der Waals surface area contributed by atoms with Gasteiger partial charge in [-0.15, -0.1) is 11.3 Å². The average molecular weight is 359 g/mol. The van der Waals surface area contributed by atoms with Gasteiger partial charge in [-0.05, 0) is 75.4 Å². The van der Waals surface area contributed by atoms with Crippen molar-refractivity contribution in [2.45, 2.75) is 40.0 Å². The van der Waals surface area contributed by atoms with Crippen LogP contribution < -0.4 is 4.74 Å². The number of halogens is 1. The Bertz CT molecular complexity index is 816. The number of hydrogen-bond donors (Lipinski definition) is 0. The zero-order chi connectivity index (χ0) is 17.3. The molecule has 1 aliphatic rings. The molecular weight excluding hydrogens is 336 g/mol. The van der Waals surface area contributed by atoms with E-state index in [1.54, 1.807) is 7.11 Å². The van der Waals surface area contributed by atoms with Crippen LogP contribution in [0.2, 0.25) is 5.02 Å². The zero-order valence-corrected chi connectivity index (χ0v) is 16.3. The molecule has 0 unspecified atom stereocenters. The first-order chi connectivity index (χ1) is 11.5. The van der Waals surface area contributed by atoms with Gasteiger partial charge in [0.1, 0.15) is 5.75 Å². The number of aryl methyl sites for hydroxylation is 1. The summed E-state index contributed by atoms with van der Waals surface area (Å²) in [6.45, 7) is 6.48. The number of methoxy groups -OCH3 is 1. The van der Waals surface area contributed by atoms with Crippen molar-refractivity contribution in [2.75, 3.05) is 7.11 Å². The van der Waals surface area contributed by atoms with Crippen molar-refractivity contribution in [1.82, 2.24) is 0 Å². The van der Waals surface area contributed by atoms with Gasteiger partial charge in [-0.1, -0.05) is 28.8 Å². The molecule has 0 atom stereocenters. The lowest BCUT2D eigenvalue weighted by molar-refractivity contribution is 0.415. The minimum absolute atomic E-state index is 0.763. The molecule has 1 nitrogen and oxygen atoms in total. The van der Waals surface area contributed by atoms with E-state index in [2.05, 4.69) is 39.0 Å². The molecule has 1 aliphatic carbocycles. The van der Waals surface area contributed by atoms with Crippen molar-refractivity contribution in [2.24, 2.45) is 0 Å². The fourth-order valence-electron chi connectivity index (χ4n) is 3.00. The van der Waals surface area contributed by atoms with Crippen LogP contribution in [0, 0.1) is 6.92 Å². The Morgan fingerprint density at radius 3 is 2.50 bits per heavy atom. The van der Waals surface area contributed by atoms with Crippen LogP contribution in [0.5, 0.6) is 5.75 Å². The lowest BCUT2D eigenvalue weighted by atomic mass is 9.84. The molecule has 0 spiro atoms. The predicted octanol–water partition coefficient (Wildman–Crippen LogP) is 7.13. The van der Waals surface area contributed by atoms with Crippen LogP contribution in [0.15, 0.2) is 35.4 Å². The Balaban J connectivity index is 2.12. The van der Waals surface area contributed by atoms with E-state index in [0.29, 0.717) is 0 Å². The number of hydrogen-bond acceptors (Lipinski definition) is 2. The minimum atomic E-state index is 0.763. The summed E-state index contributed by atoms with van der Waals surface area (Å²) in [5.74, 6) is 0.800. The smallest absolute Gasteiger partial charge is 0.120 e. The number of ether oxygens (including phenoxy) is 1. The average Bonchev–Trinajstić information content (AvgIpc) is 2.83. The monoisotopic (exact) mass is 358 g/mol. The maximum absolute atomic E-state index is 6.59. The largest absolute Gasteiger partial charge is 0.497 e. The third kappa shape index (κ3) is 3.45. The summed E-state index contributed by atoms with van der Waals surface area (Å²) in [6, 6.07) is 8.32. The fourth-order valence-corrected chi connectivity index (χ4v) is 4.37. The summed E-state index contributed by atoms with van der Waals surface area (Å²) in [6.07, 6.45) is 5.88. The van der Waals surface area contributed by atoms with E-state index in [0.717, 1.165) is 16.3 Å². The van der Waals surface area contributed by atoms with E-state index in [1.807, 2.05) is 23.5 Å². The van der Waals surface area contributed by atoms with E-state index in [-0.39, 0.29) is 0 Å². The minimum Gasteiger partial charge on any atom is -0.497 e. The third-order valence-electron chi connectivity index (χ3n) is 4.40. The summed E-state index contributed by atoms with van der Waals surface area (Å²) in [5, 5.41) is 0.763. The van der Waals surface area contributed by atoms with Gasteiger partial charge in [-0.25, -0.2) is 0 Å². The molecule has 126 valence electrons. The second-order valence-electron chi connectivity index (χ2n) is 6.52. The highest BCUT2D eigenvalue weighted by molar-refractivity contribution is 7.13. The molecule has 1 aromatic carbocycles. The van der Waals surface area contributed by atoms with Gasteiger partial charge >= 0.3 is 0 Å². The van der Waals surface area contributed by atoms with Crippen molar-refractivity contribution in [3.63, 3.8) is 0 Å². The van der Waals surface area contributed by atoms with Gasteiger partial charge in [0.05, 0.1) is 12.1 Å². The van der Waals surface area contributed by atoms with Crippen molar-refractivity contribution in [3.8, 4) is 5.75 Å². The standard InChI is InChI=1S/C21H23ClOS/c1-13(2)10-16-11-20(24-14(16)3)21(15-6-5-7-15)18-9-8-17(23-4)12-19(18)22/h8-12H,5-7H2,1-4H3. The summed E-state index contributed by atoms with van der Waals surface area (Å²) in [4.78, 5) is 2.68. The number of allylic oxidation sites excluding steroid dienone is 2. The van der Waals surface area contributed by atoms with E-state index >= 15 is 0 Å². The molecule has 0 radical (unpaired) electrons. The second-order valence-corrected chi connectivity index (χ2v) is 8.19. The van der Waals surface area contributed by atoms with E-state index in [9.17, 15) is 0 Å². The maximum atomic E-state index is 6.59. The van der Waals surface area contributed by atoms with Crippen LogP contribution in [0.25, 0.3) is 11.6 Å². The molecule has 3 rings (SSSR count). The van der Waals surface area contributed by atoms with Gasteiger partial charge in [-0.3, -0.25) is 0 Å². The van der Waals surface area contributed by atoms with Gasteiger partial charge in [-0.2, -0.15) is 0 Å². The van der Waals surface area contributed by atoms with E-state index < -0.39 is 0 Å². The molecule has 0 saturated heterocycles. The number of rotatable bonds is 4. The van der Waals surface area contributed by atoms with Crippen molar-refractivity contribution >= 4 is 34.6 Å². The SMILES string of the molecule is COc1ccc(C(=C2CCC2)c2cc(C=C(C)C)c(C)s2)c(Cl)c1. The van der Waals surface area contributed by atoms with Gasteiger partial charge in [0.15, 0.2) is 0 Å². The lowest BCUT2D eigenvalue weighted by Gasteiger charge is -2.23. The Morgan fingerprint density at radius 1 is 1.21 bits per heavy atom. The highest BCUT2D eigenvalue weighted by atomic mass is 35.5. The number of thiophene rings is 1. The maximum Gasteiger partial charge on any atom is 0.120 e. The molecule has 0 N–H and O–H groups in total. The Morgan fingerprint density at radius 2 is 1.96 bits per heavy atom. The topological polar surface area (TPSA) is 9.23 Å². The van der Waals surface area contributed by atoms with Crippen LogP contribution in [0.1, 0.15) is 54.0 Å². The number of benzene rings is 1. The summed E-state index contributed by atoms with van der Waals surface area (Å²) < 4.78 is 5.30. The summed E-state index contributed by atoms with van der Waals surface area (Å²) in [7, 11) is 1.67. The quantitative estimate of drug-likeness (QED) is 0.564. The Hall–Kier alpha value is -1.51. The summed E-state index contributed by atoms with van der Waals surface area (Å²) >= 11 is 8.45. The van der Waals surface area contributed by atoms with Crippen LogP contribution >= 0.6 is 22.9 Å². The van der Waals surface area contributed by atoms with Crippen molar-refractivity contribution in [1.29, 1.82) is 0 Å². The molecule has 3 heteroatoms. The Labute approximate surface area is 153 Å². The molecular formula is C21H23ClOS. The molecule has 0 aliphatic heterocycles. The van der Waals surface area contributed by atoms with Crippen molar-refractivity contribution < 1.29 is 4.74 Å². The molecule has 24 heavy (non-hydrogen) atoms. The zero-order valence-electron chi connectivity index (χ0n) is 14.7. The van der Waals surface area contributed by atoms with E-state index in [1.165, 1.54) is 51.3 Å². The lowest BCUT2D eigenvalue weighted by Crippen LogP contribution is -2.02. The molecule has 1 fully saturated rings. The first-order valence-corrected chi connectivity index (χ1v) is 9.50. The van der Waals surface area contributed by atoms with Gasteiger partial charge in [0.25, 0.3) is 0 Å². The molecule has 1 saturated carbocycles. The van der Waals surface area contributed by atoms with Gasteiger partial charge < -0.3 is 4.74 Å². The second kappa shape index (κ2) is 7.16. The first-order valence-electron chi connectivity index (χ1n) is 8.31. The van der Waals surface area contributed by atoms with Crippen LogP contribution in [0.4, 0.5) is 0 Å². The molecule has 1 heterocycles. The van der Waals surface area contributed by atoms with Crippen LogP contribution in [-0.2, 0) is 0 Å². The molecule has 1 aromatic heterocycles. The highest BCUT2D eigenvalue weighted by Crippen LogP contribution is 2.43. The normalized spacial score (nSPS) is 13.5. The van der Waals surface area contributed by atoms with Gasteiger partial charge in [0.2, 0.25) is 0 Å². The van der Waals surface area contributed by atoms with Crippen molar-refractivity contribution in [3.05, 3.63) is 61.3 Å². The predicted molar refractivity (Wildman–Crippen MR) is 106 cm³/mol. The molecule has 0 amide bonds. The molecule has 0 bridgehead atoms. The first kappa shape index (κ1) is 17.3. The Kier molecular flexibility index (Phi) is 5.17.